The largest absolute Gasteiger partial charge is 0.355 e. The Hall–Kier alpha value is -0.260. The summed E-state index contributed by atoms with van der Waals surface area (Å²) in [6.45, 7) is 12.9. The fourth-order valence-corrected chi connectivity index (χ4v) is 3.29. The molecule has 0 aromatic rings. The van der Waals surface area contributed by atoms with E-state index in [4.69, 9.17) is 0 Å². The average molecular weight is 302 g/mol. The highest BCUT2D eigenvalue weighted by atomic mass is 32.2. The molecule has 0 unspecified atom stereocenters. The second-order valence-electron chi connectivity index (χ2n) is 5.92. The molecule has 1 rings (SSSR count). The zero-order valence-electron chi connectivity index (χ0n) is 13.3. The predicted molar refractivity (Wildman–Crippen MR) is 88.3 cm³/mol. The van der Waals surface area contributed by atoms with Gasteiger partial charge in [-0.2, -0.15) is 11.8 Å². The van der Waals surface area contributed by atoms with Crippen LogP contribution >= 0.6 is 11.8 Å². The van der Waals surface area contributed by atoms with Gasteiger partial charge in [-0.25, -0.2) is 0 Å². The van der Waals surface area contributed by atoms with Crippen molar-refractivity contribution < 1.29 is 4.79 Å². The number of amides is 1. The second-order valence-corrected chi connectivity index (χ2v) is 7.02. The summed E-state index contributed by atoms with van der Waals surface area (Å²) in [4.78, 5) is 14.2. The number of rotatable bonds is 9. The van der Waals surface area contributed by atoms with E-state index in [9.17, 15) is 4.79 Å². The van der Waals surface area contributed by atoms with Gasteiger partial charge in [0.25, 0.3) is 0 Å². The second kappa shape index (κ2) is 9.64. The summed E-state index contributed by atoms with van der Waals surface area (Å²) < 4.78 is 0. The zero-order valence-corrected chi connectivity index (χ0v) is 14.2. The molecule has 1 fully saturated rings. The van der Waals surface area contributed by atoms with Crippen LogP contribution in [-0.4, -0.2) is 61.6 Å². The predicted octanol–water partition coefficient (Wildman–Crippen LogP) is 1.57. The van der Waals surface area contributed by atoms with Crippen LogP contribution in [0.1, 0.15) is 33.6 Å². The van der Waals surface area contributed by atoms with Crippen molar-refractivity contribution >= 4 is 17.7 Å². The van der Waals surface area contributed by atoms with E-state index in [0.29, 0.717) is 5.75 Å². The maximum Gasteiger partial charge on any atom is 0.230 e. The van der Waals surface area contributed by atoms with Crippen LogP contribution in [0, 0.1) is 5.41 Å². The Labute approximate surface area is 128 Å². The van der Waals surface area contributed by atoms with Crippen LogP contribution in [0.4, 0.5) is 0 Å². The van der Waals surface area contributed by atoms with Crippen molar-refractivity contribution in [3.05, 3.63) is 0 Å². The number of piperidine rings is 1. The Balaban J connectivity index is 2.08. The van der Waals surface area contributed by atoms with Crippen molar-refractivity contribution in [1.29, 1.82) is 0 Å². The molecule has 118 valence electrons. The van der Waals surface area contributed by atoms with E-state index in [2.05, 4.69) is 36.3 Å². The van der Waals surface area contributed by atoms with Gasteiger partial charge < -0.3 is 15.5 Å². The van der Waals surface area contributed by atoms with Gasteiger partial charge in [0.1, 0.15) is 0 Å². The summed E-state index contributed by atoms with van der Waals surface area (Å²) >= 11 is 1.74. The summed E-state index contributed by atoms with van der Waals surface area (Å²) in [5, 5.41) is 6.48. The van der Waals surface area contributed by atoms with E-state index in [1.165, 1.54) is 0 Å². The summed E-state index contributed by atoms with van der Waals surface area (Å²) in [7, 11) is 0. The Morgan fingerprint density at radius 2 is 1.95 bits per heavy atom. The van der Waals surface area contributed by atoms with E-state index in [1.54, 1.807) is 11.8 Å². The minimum Gasteiger partial charge on any atom is -0.355 e. The van der Waals surface area contributed by atoms with Crippen LogP contribution in [0.25, 0.3) is 0 Å². The summed E-state index contributed by atoms with van der Waals surface area (Å²) in [6, 6.07) is 0. The Kier molecular flexibility index (Phi) is 8.57. The summed E-state index contributed by atoms with van der Waals surface area (Å²) in [5.74, 6) is 1.82. The first-order chi connectivity index (χ1) is 9.59. The molecule has 2 N–H and O–H groups in total. The van der Waals surface area contributed by atoms with Crippen LogP contribution in [0.2, 0.25) is 0 Å². The molecule has 0 saturated carbocycles. The highest BCUT2D eigenvalue weighted by Crippen LogP contribution is 2.26. The molecule has 0 aromatic heterocycles. The number of carbonyl (C=O) groups excluding carboxylic acids is 1. The first kappa shape index (κ1) is 17.8. The van der Waals surface area contributed by atoms with Crippen molar-refractivity contribution in [1.82, 2.24) is 15.5 Å². The van der Waals surface area contributed by atoms with E-state index < -0.39 is 0 Å². The number of carbonyl (C=O) groups is 1. The Morgan fingerprint density at radius 1 is 1.30 bits per heavy atom. The Bertz CT molecular complexity index is 276. The molecule has 20 heavy (non-hydrogen) atoms. The molecular weight excluding hydrogens is 270 g/mol. The fraction of sp³-hybridized carbons (Fsp3) is 0.933. The molecule has 0 aromatic carbocycles. The summed E-state index contributed by atoms with van der Waals surface area (Å²) in [6.07, 6.45) is 2.31. The van der Waals surface area contributed by atoms with Crippen LogP contribution in [0.3, 0.4) is 0 Å². The van der Waals surface area contributed by atoms with Crippen molar-refractivity contribution in [3.63, 3.8) is 0 Å². The molecule has 1 aliphatic rings. The monoisotopic (exact) mass is 301 g/mol. The third-order valence-electron chi connectivity index (χ3n) is 4.20. The lowest BCUT2D eigenvalue weighted by Crippen LogP contribution is -2.43. The van der Waals surface area contributed by atoms with E-state index in [1.807, 2.05) is 0 Å². The highest BCUT2D eigenvalue weighted by Gasteiger charge is 2.26. The van der Waals surface area contributed by atoms with Crippen molar-refractivity contribution in [2.24, 2.45) is 5.41 Å². The Morgan fingerprint density at radius 3 is 2.55 bits per heavy atom. The lowest BCUT2D eigenvalue weighted by Gasteiger charge is -2.34. The zero-order chi connectivity index (χ0) is 14.8. The number of hydrogen-bond acceptors (Lipinski definition) is 4. The van der Waals surface area contributed by atoms with Crippen LogP contribution < -0.4 is 10.6 Å². The molecule has 4 nitrogen and oxygen atoms in total. The van der Waals surface area contributed by atoms with Gasteiger partial charge >= 0.3 is 0 Å². The smallest absolute Gasteiger partial charge is 0.230 e. The first-order valence-corrected chi connectivity index (χ1v) is 9.02. The SMILES string of the molecule is CCN(CC)CCSCC(=O)NCC1(C)CCNCC1. The number of thioether (sulfide) groups is 1. The molecule has 5 heteroatoms. The maximum atomic E-state index is 11.9. The first-order valence-electron chi connectivity index (χ1n) is 7.87. The topological polar surface area (TPSA) is 44.4 Å². The average Bonchev–Trinajstić information content (AvgIpc) is 2.46. The van der Waals surface area contributed by atoms with Crippen LogP contribution in [-0.2, 0) is 4.79 Å². The molecule has 1 aliphatic heterocycles. The molecule has 1 amide bonds. The highest BCUT2D eigenvalue weighted by molar-refractivity contribution is 7.99. The minimum atomic E-state index is 0.189. The lowest BCUT2D eigenvalue weighted by molar-refractivity contribution is -0.119. The van der Waals surface area contributed by atoms with Gasteiger partial charge in [0, 0.05) is 18.8 Å². The maximum absolute atomic E-state index is 11.9. The van der Waals surface area contributed by atoms with Crippen molar-refractivity contribution in [3.8, 4) is 0 Å². The normalized spacial score (nSPS) is 18.2. The molecular formula is C15H31N3OS. The molecule has 0 aliphatic carbocycles. The van der Waals surface area contributed by atoms with Crippen LogP contribution in [0.5, 0.6) is 0 Å². The van der Waals surface area contributed by atoms with Gasteiger partial charge in [0.15, 0.2) is 0 Å². The molecule has 0 bridgehead atoms. The molecule has 0 radical (unpaired) electrons. The van der Waals surface area contributed by atoms with Gasteiger partial charge in [0.2, 0.25) is 5.91 Å². The van der Waals surface area contributed by atoms with Gasteiger partial charge in [-0.05, 0) is 44.4 Å². The number of nitrogens with one attached hydrogen (secondary N) is 2. The third kappa shape index (κ3) is 6.95. The quantitative estimate of drug-likeness (QED) is 0.635. The van der Waals surface area contributed by atoms with E-state index in [0.717, 1.165) is 57.9 Å². The molecule has 0 atom stereocenters. The number of nitrogens with zero attached hydrogens (tertiary/aromatic N) is 1. The minimum absolute atomic E-state index is 0.189. The van der Waals surface area contributed by atoms with Gasteiger partial charge in [-0.1, -0.05) is 20.8 Å². The summed E-state index contributed by atoms with van der Waals surface area (Å²) in [5.41, 5.74) is 0.285. The van der Waals surface area contributed by atoms with Gasteiger partial charge in [0.05, 0.1) is 5.75 Å². The van der Waals surface area contributed by atoms with E-state index in [-0.39, 0.29) is 11.3 Å². The molecule has 1 saturated heterocycles. The van der Waals surface area contributed by atoms with Gasteiger partial charge in [-0.3, -0.25) is 4.79 Å². The van der Waals surface area contributed by atoms with Gasteiger partial charge in [-0.15, -0.1) is 0 Å². The fourth-order valence-electron chi connectivity index (χ4n) is 2.47. The standard InChI is InChI=1S/C15H31N3OS/c1-4-18(5-2)10-11-20-12-14(19)17-13-15(3)6-8-16-9-7-15/h16H,4-13H2,1-3H3,(H,17,19). The van der Waals surface area contributed by atoms with Crippen molar-refractivity contribution in [2.45, 2.75) is 33.6 Å². The molecule has 0 spiro atoms. The lowest BCUT2D eigenvalue weighted by atomic mass is 9.81. The third-order valence-corrected chi connectivity index (χ3v) is 5.14. The molecule has 1 heterocycles. The van der Waals surface area contributed by atoms with Crippen LogP contribution in [0.15, 0.2) is 0 Å². The van der Waals surface area contributed by atoms with E-state index >= 15 is 0 Å². The van der Waals surface area contributed by atoms with Crippen molar-refractivity contribution in [2.75, 3.05) is 50.8 Å². The number of hydrogen-bond donors (Lipinski definition) is 2.